The van der Waals surface area contributed by atoms with Gasteiger partial charge in [-0.25, -0.2) is 8.42 Å². The molecule has 0 amide bonds. The summed E-state index contributed by atoms with van der Waals surface area (Å²) in [5, 5.41) is 8.53. The van der Waals surface area contributed by atoms with Crippen LogP contribution in [0.15, 0.2) is 58.2 Å². The second kappa shape index (κ2) is 7.71. The lowest BCUT2D eigenvalue weighted by atomic mass is 10.1. The molecule has 2 aromatic carbocycles. The van der Waals surface area contributed by atoms with Crippen molar-refractivity contribution in [3.8, 4) is 11.5 Å². The van der Waals surface area contributed by atoms with Gasteiger partial charge in [-0.1, -0.05) is 17.3 Å². The Morgan fingerprint density at radius 3 is 2.63 bits per heavy atom. The summed E-state index contributed by atoms with van der Waals surface area (Å²) < 4.78 is 46.0. The Kier molecular flexibility index (Phi) is 5.08. The van der Waals surface area contributed by atoms with Gasteiger partial charge in [-0.2, -0.15) is 5.10 Å². The zero-order valence-corrected chi connectivity index (χ0v) is 17.1. The van der Waals surface area contributed by atoms with Gasteiger partial charge in [0.05, 0.1) is 27.0 Å². The SMILES string of the molecule is [CH2]c1cnn(Cc2cc(OC)c3c(NS(=O)(=O)c4ccccc4OC)noc3c2)c1. The molecule has 155 valence electrons. The molecule has 0 aliphatic rings. The van der Waals surface area contributed by atoms with E-state index in [0.717, 1.165) is 11.1 Å². The van der Waals surface area contributed by atoms with E-state index in [1.807, 2.05) is 6.20 Å². The van der Waals surface area contributed by atoms with E-state index in [-0.39, 0.29) is 16.5 Å². The number of fused-ring (bicyclic) bond motifs is 1. The lowest BCUT2D eigenvalue weighted by Gasteiger charge is -2.11. The van der Waals surface area contributed by atoms with Gasteiger partial charge in [0, 0.05) is 6.20 Å². The predicted molar refractivity (Wildman–Crippen MR) is 110 cm³/mol. The van der Waals surface area contributed by atoms with Crippen molar-refractivity contribution in [1.82, 2.24) is 14.9 Å². The first-order valence-corrected chi connectivity index (χ1v) is 10.4. The summed E-state index contributed by atoms with van der Waals surface area (Å²) in [6, 6.07) is 9.85. The minimum absolute atomic E-state index is 0.0121. The highest BCUT2D eigenvalue weighted by Crippen LogP contribution is 2.35. The highest BCUT2D eigenvalue weighted by atomic mass is 32.2. The summed E-state index contributed by atoms with van der Waals surface area (Å²) >= 11 is 0. The number of para-hydroxylation sites is 1. The number of nitrogens with zero attached hydrogens (tertiary/aromatic N) is 3. The van der Waals surface area contributed by atoms with Gasteiger partial charge in [0.15, 0.2) is 11.4 Å². The number of methoxy groups -OCH3 is 2. The molecule has 0 bridgehead atoms. The third kappa shape index (κ3) is 3.69. The number of rotatable bonds is 7. The molecular formula is C20H19N4O5S. The molecule has 0 saturated carbocycles. The lowest BCUT2D eigenvalue weighted by Crippen LogP contribution is -2.14. The number of hydrogen-bond donors (Lipinski definition) is 1. The quantitative estimate of drug-likeness (QED) is 0.483. The minimum Gasteiger partial charge on any atom is -0.496 e. The molecule has 0 unspecified atom stereocenters. The fourth-order valence-electron chi connectivity index (χ4n) is 3.11. The molecule has 0 atom stereocenters. The molecule has 0 saturated heterocycles. The smallest absolute Gasteiger partial charge is 0.266 e. The second-order valence-electron chi connectivity index (χ2n) is 6.50. The van der Waals surface area contributed by atoms with Crippen molar-refractivity contribution in [1.29, 1.82) is 0 Å². The molecule has 4 rings (SSSR count). The average molecular weight is 427 g/mol. The molecule has 2 heterocycles. The molecule has 0 spiro atoms. The Hall–Kier alpha value is -3.53. The molecule has 10 heteroatoms. The third-order valence-corrected chi connectivity index (χ3v) is 5.82. The monoisotopic (exact) mass is 427 g/mol. The van der Waals surface area contributed by atoms with Crippen LogP contribution in [0.25, 0.3) is 11.0 Å². The average Bonchev–Trinajstić information content (AvgIpc) is 3.33. The van der Waals surface area contributed by atoms with Gasteiger partial charge in [0.1, 0.15) is 21.8 Å². The summed E-state index contributed by atoms with van der Waals surface area (Å²) in [5.74, 6) is 0.665. The largest absolute Gasteiger partial charge is 0.496 e. The van der Waals surface area contributed by atoms with Crippen LogP contribution in [0.5, 0.6) is 11.5 Å². The van der Waals surface area contributed by atoms with Crippen LogP contribution in [0, 0.1) is 6.92 Å². The van der Waals surface area contributed by atoms with E-state index in [2.05, 4.69) is 21.9 Å². The van der Waals surface area contributed by atoms with Gasteiger partial charge < -0.3 is 14.0 Å². The van der Waals surface area contributed by atoms with E-state index in [0.29, 0.717) is 23.3 Å². The van der Waals surface area contributed by atoms with Crippen molar-refractivity contribution >= 4 is 26.8 Å². The fourth-order valence-corrected chi connectivity index (χ4v) is 4.29. The normalized spacial score (nSPS) is 11.6. The minimum atomic E-state index is -3.97. The van der Waals surface area contributed by atoms with E-state index in [4.69, 9.17) is 14.0 Å². The van der Waals surface area contributed by atoms with E-state index in [9.17, 15) is 8.42 Å². The number of benzene rings is 2. The maximum absolute atomic E-state index is 12.9. The van der Waals surface area contributed by atoms with Gasteiger partial charge in [0.2, 0.25) is 0 Å². The first-order valence-electron chi connectivity index (χ1n) is 8.88. The molecule has 0 fully saturated rings. The summed E-state index contributed by atoms with van der Waals surface area (Å²) in [6.07, 6.45) is 3.47. The Labute approximate surface area is 173 Å². The van der Waals surface area contributed by atoms with E-state index in [1.165, 1.54) is 20.3 Å². The highest BCUT2D eigenvalue weighted by Gasteiger charge is 2.24. The first kappa shape index (κ1) is 19.8. The molecule has 1 N–H and O–H groups in total. The molecule has 9 nitrogen and oxygen atoms in total. The molecule has 0 aliphatic heterocycles. The van der Waals surface area contributed by atoms with Crippen LogP contribution in [0.4, 0.5) is 5.82 Å². The Morgan fingerprint density at radius 2 is 1.93 bits per heavy atom. The summed E-state index contributed by atoms with van der Waals surface area (Å²) in [7, 11) is -1.08. The summed E-state index contributed by atoms with van der Waals surface area (Å²) in [5.41, 5.74) is 2.03. The van der Waals surface area contributed by atoms with Crippen LogP contribution in [0.3, 0.4) is 0 Å². The summed E-state index contributed by atoms with van der Waals surface area (Å²) in [4.78, 5) is -0.0121. The molecule has 30 heavy (non-hydrogen) atoms. The fraction of sp³-hybridized carbons (Fsp3) is 0.150. The topological polar surface area (TPSA) is 108 Å². The van der Waals surface area contributed by atoms with E-state index >= 15 is 0 Å². The van der Waals surface area contributed by atoms with Crippen molar-refractivity contribution in [2.75, 3.05) is 18.9 Å². The van der Waals surface area contributed by atoms with Crippen molar-refractivity contribution < 1.29 is 22.4 Å². The number of ether oxygens (including phenoxy) is 2. The van der Waals surface area contributed by atoms with Crippen molar-refractivity contribution in [3.63, 3.8) is 0 Å². The third-order valence-electron chi connectivity index (χ3n) is 4.44. The number of hydrogen-bond acceptors (Lipinski definition) is 7. The zero-order chi connectivity index (χ0) is 21.3. The predicted octanol–water partition coefficient (Wildman–Crippen LogP) is 3.07. The Bertz CT molecular complexity index is 1310. The van der Waals surface area contributed by atoms with Crippen molar-refractivity contribution in [2.24, 2.45) is 0 Å². The molecule has 2 aromatic heterocycles. The van der Waals surface area contributed by atoms with Crippen LogP contribution in [-0.2, 0) is 16.6 Å². The Morgan fingerprint density at radius 1 is 1.17 bits per heavy atom. The van der Waals surface area contributed by atoms with Gasteiger partial charge in [0.25, 0.3) is 10.0 Å². The Balaban J connectivity index is 1.72. The number of sulfonamides is 1. The van der Waals surface area contributed by atoms with Gasteiger partial charge in [-0.15, -0.1) is 0 Å². The number of anilines is 1. The molecule has 0 aliphatic carbocycles. The second-order valence-corrected chi connectivity index (χ2v) is 8.16. The van der Waals surface area contributed by atoms with Crippen LogP contribution in [0.1, 0.15) is 11.1 Å². The van der Waals surface area contributed by atoms with E-state index in [1.54, 1.807) is 41.2 Å². The standard InChI is InChI=1S/C20H19N4O5S/c1-13-10-21-24(11-13)12-14-8-16(28-3)19-17(9-14)29-22-20(19)23-30(25,26)18-7-5-4-6-15(18)27-2/h4-11H,1,12H2,2-3H3,(H,22,23). The van der Waals surface area contributed by atoms with Crippen LogP contribution in [0.2, 0.25) is 0 Å². The lowest BCUT2D eigenvalue weighted by molar-refractivity contribution is 0.403. The van der Waals surface area contributed by atoms with Gasteiger partial charge in [-0.3, -0.25) is 9.40 Å². The molecule has 1 radical (unpaired) electrons. The van der Waals surface area contributed by atoms with Gasteiger partial charge >= 0.3 is 0 Å². The van der Waals surface area contributed by atoms with Crippen LogP contribution >= 0.6 is 0 Å². The first-order chi connectivity index (χ1) is 14.4. The van der Waals surface area contributed by atoms with Crippen molar-refractivity contribution in [3.05, 3.63) is 66.8 Å². The number of aromatic nitrogens is 3. The number of nitrogens with one attached hydrogen (secondary N) is 1. The van der Waals surface area contributed by atoms with Crippen LogP contribution in [-0.4, -0.2) is 37.6 Å². The molecular weight excluding hydrogens is 408 g/mol. The van der Waals surface area contributed by atoms with E-state index < -0.39 is 10.0 Å². The van der Waals surface area contributed by atoms with Gasteiger partial charge in [-0.05, 0) is 42.3 Å². The summed E-state index contributed by atoms with van der Waals surface area (Å²) in [6.45, 7) is 4.29. The molecule has 4 aromatic rings. The van der Waals surface area contributed by atoms with Crippen LogP contribution < -0.4 is 14.2 Å². The van der Waals surface area contributed by atoms with Crippen molar-refractivity contribution in [2.45, 2.75) is 11.4 Å². The zero-order valence-electron chi connectivity index (χ0n) is 16.3. The maximum atomic E-state index is 12.9. The highest BCUT2D eigenvalue weighted by molar-refractivity contribution is 7.92. The maximum Gasteiger partial charge on any atom is 0.266 e.